The monoisotopic (exact) mass is 1120 g/mol. The molecule has 4 aromatic carbocycles. The van der Waals surface area contributed by atoms with E-state index in [1.807, 2.05) is 123 Å². The number of halogens is 1. The number of nitrogens with one attached hydrogen (secondary N) is 5. The topological polar surface area (TPSA) is 341 Å². The molecule has 2 aromatic heterocycles. The average molecular weight is 1120 g/mol. The minimum Gasteiger partial charge on any atom is -0.444 e. The third-order valence-electron chi connectivity index (χ3n) is 13.0. The summed E-state index contributed by atoms with van der Waals surface area (Å²) in [6.45, 7) is 16.5. The van der Waals surface area contributed by atoms with Gasteiger partial charge in [-0.1, -0.05) is 57.9 Å². The molecule has 0 spiro atoms. The van der Waals surface area contributed by atoms with E-state index in [-0.39, 0.29) is 42.4 Å². The Morgan fingerprint density at radius 2 is 0.988 bits per heavy atom. The molecule has 0 radical (unpaired) electrons. The Labute approximate surface area is 468 Å². The molecule has 80 heavy (non-hydrogen) atoms. The summed E-state index contributed by atoms with van der Waals surface area (Å²) in [6, 6.07) is 25.0. The highest BCUT2D eigenvalue weighted by molar-refractivity contribution is 5.97. The summed E-state index contributed by atoms with van der Waals surface area (Å²) >= 11 is 0. The molecule has 23 heteroatoms. The van der Waals surface area contributed by atoms with Crippen molar-refractivity contribution < 1.29 is 42.8 Å². The van der Waals surface area contributed by atoms with Gasteiger partial charge in [0, 0.05) is 22.7 Å². The van der Waals surface area contributed by atoms with E-state index in [9.17, 15) is 24.0 Å². The van der Waals surface area contributed by atoms with Gasteiger partial charge in [0.2, 0.25) is 0 Å². The zero-order chi connectivity index (χ0) is 57.4. The molecule has 10 N–H and O–H groups in total. The van der Waals surface area contributed by atoms with Gasteiger partial charge in [-0.15, -0.1) is 12.4 Å². The van der Waals surface area contributed by atoms with E-state index in [4.69, 9.17) is 36.1 Å². The number of hydrogen-bond acceptors (Lipinski definition) is 16. The third kappa shape index (κ3) is 16.6. The molecular formula is C57H70ClN11O11. The van der Waals surface area contributed by atoms with Crippen LogP contribution in [-0.4, -0.2) is 66.4 Å². The molecule has 10 rings (SSSR count). The van der Waals surface area contributed by atoms with Gasteiger partial charge < -0.3 is 46.8 Å². The second-order valence-corrected chi connectivity index (χ2v) is 22.5. The molecule has 4 aliphatic carbocycles. The van der Waals surface area contributed by atoms with Crippen molar-refractivity contribution in [1.29, 1.82) is 5.26 Å². The van der Waals surface area contributed by atoms with Gasteiger partial charge in [0.05, 0.1) is 29.8 Å². The van der Waals surface area contributed by atoms with Crippen molar-refractivity contribution >= 4 is 36.5 Å². The number of nitrogens with zero attached hydrogens (tertiary/aromatic N) is 4. The molecule has 0 aliphatic heterocycles. The second-order valence-electron chi connectivity index (χ2n) is 22.5. The fourth-order valence-corrected chi connectivity index (χ4v) is 9.59. The molecule has 0 saturated carbocycles. The molecule has 4 aliphatic rings. The number of benzene rings is 4. The molecule has 22 nitrogen and oxygen atoms in total. The first kappa shape index (κ1) is 60.8. The highest BCUT2D eigenvalue weighted by atomic mass is 35.5. The van der Waals surface area contributed by atoms with Gasteiger partial charge in [0.1, 0.15) is 16.8 Å². The van der Waals surface area contributed by atoms with Crippen LogP contribution in [0.1, 0.15) is 168 Å². The molecule has 0 saturated heterocycles. The van der Waals surface area contributed by atoms with E-state index in [2.05, 4.69) is 56.5 Å². The highest BCUT2D eigenvalue weighted by Gasteiger charge is 2.30. The van der Waals surface area contributed by atoms with Gasteiger partial charge in [0.25, 0.3) is 0 Å². The Balaban J connectivity index is 0.000000173. The lowest BCUT2D eigenvalue weighted by molar-refractivity contribution is 0.0492. The SMILES string of the molecule is CC(C)(C)OC(=O)N[C@H]1CCc2cc(-c3noc(=O)[nH]3)ccc21.CC(C)(C)OC(=O)N[C@H]1CCc2cc(/C(N)=N/O)ccc21.CC(C)(C)OC(=O)N[C@H]1CCc2cc(C#N)ccc21.Cl.N[C@H]1CCc2cc(-c3noc(=O)[nH]3)ccc21. The van der Waals surface area contributed by atoms with Crippen molar-refractivity contribution in [3.8, 4) is 28.8 Å². The number of amides is 3. The molecule has 4 atom stereocenters. The Bertz CT molecular complexity index is 3370. The maximum atomic E-state index is 11.9. The summed E-state index contributed by atoms with van der Waals surface area (Å²) < 4.78 is 24.8. The number of nitriles is 1. The van der Waals surface area contributed by atoms with Crippen LogP contribution in [0, 0.1) is 11.3 Å². The minimum absolute atomic E-state index is 0. The number of carbonyl (C=O) groups excluding carboxylic acids is 3. The maximum Gasteiger partial charge on any atom is 0.439 e. The van der Waals surface area contributed by atoms with Gasteiger partial charge in [-0.05, 0) is 189 Å². The van der Waals surface area contributed by atoms with Crippen molar-refractivity contribution in [2.24, 2.45) is 16.6 Å². The van der Waals surface area contributed by atoms with E-state index < -0.39 is 46.6 Å². The number of H-pyrrole nitrogens is 2. The van der Waals surface area contributed by atoms with E-state index in [0.717, 1.165) is 95.9 Å². The smallest absolute Gasteiger partial charge is 0.439 e. The van der Waals surface area contributed by atoms with Crippen molar-refractivity contribution in [1.82, 2.24) is 36.2 Å². The van der Waals surface area contributed by atoms with Crippen molar-refractivity contribution in [2.45, 2.75) is 155 Å². The largest absolute Gasteiger partial charge is 0.444 e. The first-order valence-corrected chi connectivity index (χ1v) is 26.0. The lowest BCUT2D eigenvalue weighted by Gasteiger charge is -2.22. The van der Waals surface area contributed by atoms with Crippen LogP contribution in [-0.2, 0) is 39.9 Å². The van der Waals surface area contributed by atoms with Crippen LogP contribution in [0.4, 0.5) is 14.4 Å². The van der Waals surface area contributed by atoms with Crippen LogP contribution >= 0.6 is 12.4 Å². The quantitative estimate of drug-likeness (QED) is 0.0253. The van der Waals surface area contributed by atoms with Crippen molar-refractivity contribution in [2.75, 3.05) is 0 Å². The molecule has 0 bridgehead atoms. The Kier molecular flexibility index (Phi) is 19.4. The number of amidine groups is 1. The van der Waals surface area contributed by atoms with E-state index in [1.54, 1.807) is 12.1 Å². The van der Waals surface area contributed by atoms with Gasteiger partial charge in [0.15, 0.2) is 17.5 Å². The minimum atomic E-state index is -0.579. The van der Waals surface area contributed by atoms with Crippen LogP contribution in [0.3, 0.4) is 0 Å². The molecule has 3 amide bonds. The second kappa shape index (κ2) is 25.6. The van der Waals surface area contributed by atoms with E-state index in [1.165, 1.54) is 11.1 Å². The fraction of sp³-hybridized carbons (Fsp3) is 0.421. The number of hydrogen-bond donors (Lipinski definition) is 8. The van der Waals surface area contributed by atoms with Crippen LogP contribution in [0.5, 0.6) is 0 Å². The number of alkyl carbamates (subject to hydrolysis) is 3. The Morgan fingerprint density at radius 3 is 1.39 bits per heavy atom. The molecular weight excluding hydrogens is 1050 g/mol. The number of aromatic nitrogens is 4. The zero-order valence-electron chi connectivity index (χ0n) is 46.3. The fourth-order valence-electron chi connectivity index (χ4n) is 9.59. The summed E-state index contributed by atoms with van der Waals surface area (Å²) in [7, 11) is 0. The molecule has 6 aromatic rings. The standard InChI is InChI=1S/C16H19N3O4.C15H21N3O3.C15H18N2O2.C11H11N3O2.ClH/c1-16(2,3)22-14(20)17-12-7-5-9-8-10(4-6-11(9)12)13-18-15(21)23-19-13;1-15(2,3)21-14(19)17-12-7-5-9-8-10(13(16)18-20)4-6-11(9)12;1-15(2,3)19-14(18)17-13-7-5-11-8-10(9-16)4-6-12(11)13;12-9-4-2-6-5-7(1-3-8(6)9)10-13-11(15)16-14-10;/h4,6,8,12H,5,7H2,1-3H3,(H,17,20)(H,18,19,21);4,6,8,12,20H,5,7H2,1-3H3,(H2,16,18)(H,17,19);4,6,8,13H,5,7H2,1-3H3,(H,17,18);1,3,5,9H,2,4,12H2,(H,13,14,15);1H/t2*12-;13-;9-;/m0000./s1. The summed E-state index contributed by atoms with van der Waals surface area (Å²) in [5, 5.41) is 36.6. The molecule has 2 heterocycles. The predicted octanol–water partition coefficient (Wildman–Crippen LogP) is 9.30. The Hall–Kier alpha value is -8.42. The number of aromatic amines is 2. The van der Waals surface area contributed by atoms with Gasteiger partial charge in [-0.2, -0.15) is 5.26 Å². The average Bonchev–Trinajstić information content (AvgIpc) is 4.33. The first-order valence-electron chi connectivity index (χ1n) is 26.0. The number of ether oxygens (including phenoxy) is 3. The van der Waals surface area contributed by atoms with Crippen LogP contribution in [0.25, 0.3) is 22.8 Å². The van der Waals surface area contributed by atoms with Crippen molar-refractivity contribution in [3.63, 3.8) is 0 Å². The number of rotatable bonds is 6. The normalized spacial score (nSPS) is 17.5. The predicted molar refractivity (Wildman–Crippen MR) is 299 cm³/mol. The van der Waals surface area contributed by atoms with E-state index >= 15 is 0 Å². The number of oxime groups is 1. The van der Waals surface area contributed by atoms with Gasteiger partial charge >= 0.3 is 29.8 Å². The van der Waals surface area contributed by atoms with Crippen molar-refractivity contribution in [3.05, 3.63) is 150 Å². The molecule has 426 valence electrons. The number of aryl methyl sites for hydroxylation is 4. The Morgan fingerprint density at radius 1 is 0.613 bits per heavy atom. The van der Waals surface area contributed by atoms with Crippen LogP contribution < -0.4 is 38.9 Å². The maximum absolute atomic E-state index is 11.9. The van der Waals surface area contributed by atoms with E-state index in [0.29, 0.717) is 22.8 Å². The summed E-state index contributed by atoms with van der Waals surface area (Å²) in [5.41, 5.74) is 22.0. The number of nitrogens with two attached hydrogens (primary N) is 2. The lowest BCUT2D eigenvalue weighted by Crippen LogP contribution is -2.34. The number of carbonyl (C=O) groups is 3. The highest BCUT2D eigenvalue weighted by Crippen LogP contribution is 2.36. The molecule has 0 fully saturated rings. The van der Waals surface area contributed by atoms with Crippen LogP contribution in [0.2, 0.25) is 0 Å². The number of fused-ring (bicyclic) bond motifs is 4. The summed E-state index contributed by atoms with van der Waals surface area (Å²) in [6.07, 6.45) is 5.76. The zero-order valence-corrected chi connectivity index (χ0v) is 47.1. The molecule has 0 unspecified atom stereocenters. The summed E-state index contributed by atoms with van der Waals surface area (Å²) in [5.74, 6) is -0.159. The first-order chi connectivity index (χ1) is 37.2. The van der Waals surface area contributed by atoms with Crippen LogP contribution in [0.15, 0.2) is 96.6 Å². The third-order valence-corrected chi connectivity index (χ3v) is 13.0. The van der Waals surface area contributed by atoms with Gasteiger partial charge in [-0.3, -0.25) is 19.0 Å². The lowest BCUT2D eigenvalue weighted by atomic mass is 10.0. The van der Waals surface area contributed by atoms with Gasteiger partial charge in [-0.25, -0.2) is 24.0 Å². The summed E-state index contributed by atoms with van der Waals surface area (Å²) in [4.78, 5) is 62.5.